The third-order valence-corrected chi connectivity index (χ3v) is 5.07. The average molecular weight is 386 g/mol. The van der Waals surface area contributed by atoms with E-state index in [-0.39, 0.29) is 12.0 Å². The zero-order valence-electron chi connectivity index (χ0n) is 14.0. The highest BCUT2D eigenvalue weighted by atomic mass is 35.5. The molecule has 0 aromatic heterocycles. The van der Waals surface area contributed by atoms with Crippen molar-refractivity contribution in [3.8, 4) is 0 Å². The molecule has 0 aliphatic carbocycles. The largest absolute Gasteiger partial charge is 0.370 e. The van der Waals surface area contributed by atoms with Crippen LogP contribution >= 0.6 is 23.2 Å². The Morgan fingerprint density at radius 2 is 1.73 bits per heavy atom. The number of fused-ring (bicyclic) bond motifs is 1. The van der Waals surface area contributed by atoms with Crippen LogP contribution in [-0.2, 0) is 4.74 Å². The molecule has 1 fully saturated rings. The quantitative estimate of drug-likeness (QED) is 0.593. The number of halogens is 2. The van der Waals surface area contributed by atoms with E-state index in [0.717, 1.165) is 16.3 Å². The molecule has 0 bridgehead atoms. The molecule has 26 heavy (non-hydrogen) atoms. The zero-order valence-corrected chi connectivity index (χ0v) is 15.5. The van der Waals surface area contributed by atoms with E-state index in [1.165, 1.54) is 0 Å². The van der Waals surface area contributed by atoms with Crippen molar-refractivity contribution in [2.24, 2.45) is 0 Å². The molecule has 4 rings (SSSR count). The summed E-state index contributed by atoms with van der Waals surface area (Å²) in [5.41, 5.74) is 1.60. The average Bonchev–Trinajstić information content (AvgIpc) is 2.66. The van der Waals surface area contributed by atoms with E-state index in [2.05, 4.69) is 0 Å². The van der Waals surface area contributed by atoms with E-state index >= 15 is 0 Å². The highest BCUT2D eigenvalue weighted by Gasteiger charge is 2.27. The second-order valence-corrected chi connectivity index (χ2v) is 7.21. The molecule has 3 aromatic rings. The molecule has 1 unspecified atom stereocenters. The Morgan fingerprint density at radius 1 is 1.00 bits per heavy atom. The third-order valence-electron chi connectivity index (χ3n) is 4.63. The maximum absolute atomic E-state index is 13.1. The Morgan fingerprint density at radius 3 is 2.54 bits per heavy atom. The molecule has 132 valence electrons. The van der Waals surface area contributed by atoms with Crippen molar-refractivity contribution in [1.82, 2.24) is 4.90 Å². The SMILES string of the molecule is O=C(c1cccc2ccccc12)N1CCOC(c2cc(Cl)cc(Cl)c2)C1. The molecular formula is C21H17Cl2NO2. The predicted octanol–water partition coefficient (Wildman–Crippen LogP) is 5.36. The van der Waals surface area contributed by atoms with Crippen molar-refractivity contribution in [3.63, 3.8) is 0 Å². The Bertz CT molecular complexity index is 948. The molecule has 1 saturated heterocycles. The van der Waals surface area contributed by atoms with E-state index in [1.54, 1.807) is 6.07 Å². The molecule has 0 saturated carbocycles. The van der Waals surface area contributed by atoms with Gasteiger partial charge in [-0.25, -0.2) is 0 Å². The summed E-state index contributed by atoms with van der Waals surface area (Å²) in [4.78, 5) is 15.0. The van der Waals surface area contributed by atoms with Crippen molar-refractivity contribution in [2.75, 3.05) is 19.7 Å². The van der Waals surface area contributed by atoms with Gasteiger partial charge in [0, 0.05) is 22.2 Å². The monoisotopic (exact) mass is 385 g/mol. The number of ether oxygens (including phenoxy) is 1. The first-order valence-electron chi connectivity index (χ1n) is 8.46. The summed E-state index contributed by atoms with van der Waals surface area (Å²) in [6, 6.07) is 19.1. The number of morpholine rings is 1. The van der Waals surface area contributed by atoms with Gasteiger partial charge in [0.05, 0.1) is 13.2 Å². The molecule has 1 atom stereocenters. The summed E-state index contributed by atoms with van der Waals surface area (Å²) >= 11 is 12.2. The van der Waals surface area contributed by atoms with Gasteiger partial charge in [-0.1, -0.05) is 59.6 Å². The van der Waals surface area contributed by atoms with E-state index in [4.69, 9.17) is 27.9 Å². The van der Waals surface area contributed by atoms with Gasteiger partial charge in [0.25, 0.3) is 5.91 Å². The Hall–Kier alpha value is -2.07. The van der Waals surface area contributed by atoms with Crippen LogP contribution in [0.1, 0.15) is 22.0 Å². The molecule has 1 aliphatic rings. The summed E-state index contributed by atoms with van der Waals surface area (Å²) in [5, 5.41) is 3.15. The van der Waals surface area contributed by atoms with Gasteiger partial charge >= 0.3 is 0 Å². The molecule has 0 radical (unpaired) electrons. The molecule has 1 aliphatic heterocycles. The van der Waals surface area contributed by atoms with E-state index < -0.39 is 0 Å². The lowest BCUT2D eigenvalue weighted by Crippen LogP contribution is -2.42. The van der Waals surface area contributed by atoms with Gasteiger partial charge in [0.2, 0.25) is 0 Å². The van der Waals surface area contributed by atoms with Gasteiger partial charge < -0.3 is 9.64 Å². The lowest BCUT2D eigenvalue weighted by Gasteiger charge is -2.33. The van der Waals surface area contributed by atoms with Crippen LogP contribution in [-0.4, -0.2) is 30.5 Å². The highest BCUT2D eigenvalue weighted by Crippen LogP contribution is 2.29. The Balaban J connectivity index is 1.62. The Kier molecular flexibility index (Phi) is 4.86. The summed E-state index contributed by atoms with van der Waals surface area (Å²) in [5.74, 6) is 0.0169. The summed E-state index contributed by atoms with van der Waals surface area (Å²) in [6.07, 6.45) is -0.237. The predicted molar refractivity (Wildman–Crippen MR) is 105 cm³/mol. The van der Waals surface area contributed by atoms with Crippen molar-refractivity contribution >= 4 is 39.9 Å². The van der Waals surface area contributed by atoms with Crippen LogP contribution in [0.25, 0.3) is 10.8 Å². The van der Waals surface area contributed by atoms with E-state index in [0.29, 0.717) is 35.3 Å². The zero-order chi connectivity index (χ0) is 18.1. The molecule has 1 amide bonds. The molecule has 3 nitrogen and oxygen atoms in total. The van der Waals surface area contributed by atoms with Gasteiger partial charge in [0.1, 0.15) is 6.10 Å². The molecule has 0 spiro atoms. The Labute approximate surface area is 162 Å². The topological polar surface area (TPSA) is 29.5 Å². The summed E-state index contributed by atoms with van der Waals surface area (Å²) in [6.45, 7) is 1.51. The number of carbonyl (C=O) groups excluding carboxylic acids is 1. The number of hydrogen-bond acceptors (Lipinski definition) is 2. The van der Waals surface area contributed by atoms with Gasteiger partial charge in [-0.15, -0.1) is 0 Å². The van der Waals surface area contributed by atoms with Crippen molar-refractivity contribution in [1.29, 1.82) is 0 Å². The van der Waals surface area contributed by atoms with Crippen molar-refractivity contribution in [2.45, 2.75) is 6.10 Å². The lowest BCUT2D eigenvalue weighted by atomic mass is 10.0. The van der Waals surface area contributed by atoms with Crippen LogP contribution in [0.4, 0.5) is 0 Å². The highest BCUT2D eigenvalue weighted by molar-refractivity contribution is 6.34. The molecule has 1 heterocycles. The summed E-state index contributed by atoms with van der Waals surface area (Å²) < 4.78 is 5.87. The van der Waals surface area contributed by atoms with Gasteiger partial charge in [-0.3, -0.25) is 4.79 Å². The van der Waals surface area contributed by atoms with Gasteiger partial charge in [-0.2, -0.15) is 0 Å². The van der Waals surface area contributed by atoms with Gasteiger partial charge in [-0.05, 0) is 40.6 Å². The van der Waals surface area contributed by atoms with E-state index in [9.17, 15) is 4.79 Å². The molecular weight excluding hydrogens is 369 g/mol. The number of nitrogens with zero attached hydrogens (tertiary/aromatic N) is 1. The normalized spacial score (nSPS) is 17.5. The molecule has 0 N–H and O–H groups in total. The van der Waals surface area contributed by atoms with Gasteiger partial charge in [0.15, 0.2) is 0 Å². The number of benzene rings is 3. The van der Waals surface area contributed by atoms with Crippen LogP contribution in [0.3, 0.4) is 0 Å². The standard InChI is InChI=1S/C21H17Cl2NO2/c22-16-10-15(11-17(23)12-16)20-13-24(8-9-26-20)21(25)19-7-3-5-14-4-1-2-6-18(14)19/h1-7,10-12,20H,8-9,13H2. The van der Waals surface area contributed by atoms with Crippen LogP contribution in [0.2, 0.25) is 10.0 Å². The second kappa shape index (κ2) is 7.28. The summed E-state index contributed by atoms with van der Waals surface area (Å²) in [7, 11) is 0. The first-order valence-corrected chi connectivity index (χ1v) is 9.22. The minimum atomic E-state index is -0.237. The third kappa shape index (κ3) is 3.43. The van der Waals surface area contributed by atoms with E-state index in [1.807, 2.05) is 59.5 Å². The smallest absolute Gasteiger partial charge is 0.254 e. The second-order valence-electron chi connectivity index (χ2n) is 6.34. The first kappa shape index (κ1) is 17.3. The van der Waals surface area contributed by atoms with Crippen LogP contribution in [0.15, 0.2) is 60.7 Å². The minimum absolute atomic E-state index is 0.0169. The fraction of sp³-hybridized carbons (Fsp3) is 0.190. The minimum Gasteiger partial charge on any atom is -0.370 e. The van der Waals surface area contributed by atoms with Crippen LogP contribution in [0.5, 0.6) is 0 Å². The maximum Gasteiger partial charge on any atom is 0.254 e. The number of amides is 1. The molecule has 3 aromatic carbocycles. The number of rotatable bonds is 2. The number of carbonyl (C=O) groups is 1. The van der Waals surface area contributed by atoms with Crippen LogP contribution in [0, 0.1) is 0 Å². The molecule has 5 heteroatoms. The maximum atomic E-state index is 13.1. The van der Waals surface area contributed by atoms with Crippen LogP contribution < -0.4 is 0 Å². The number of hydrogen-bond donors (Lipinski definition) is 0. The first-order chi connectivity index (χ1) is 12.6. The fourth-order valence-electron chi connectivity index (χ4n) is 3.38. The fourth-order valence-corrected chi connectivity index (χ4v) is 3.92. The lowest BCUT2D eigenvalue weighted by molar-refractivity contribution is -0.0227. The van der Waals surface area contributed by atoms with Crippen molar-refractivity contribution in [3.05, 3.63) is 81.8 Å². The van der Waals surface area contributed by atoms with Crippen molar-refractivity contribution < 1.29 is 9.53 Å².